The van der Waals surface area contributed by atoms with Crippen LogP contribution in [-0.2, 0) is 6.54 Å². The highest BCUT2D eigenvalue weighted by Gasteiger charge is 2.23. The standard InChI is InChI=1S/C19H28F2N4O3.HI/c1-3-22-19(24-11-14-6-5-7-25(14)4-2)23-10-13-8-16-17(27-12-26-16)9-15(13)28-18(20)21;/h8-9,14,18H,3-7,10-12H2,1-2H3,(H2,22,23,24);1H. The van der Waals surface area contributed by atoms with Crippen LogP contribution in [0.2, 0.25) is 0 Å². The van der Waals surface area contributed by atoms with Gasteiger partial charge in [0.05, 0.1) is 6.54 Å². The molecule has 164 valence electrons. The van der Waals surface area contributed by atoms with Crippen molar-refractivity contribution in [1.29, 1.82) is 0 Å². The maximum absolute atomic E-state index is 12.8. The van der Waals surface area contributed by atoms with Crippen molar-refractivity contribution >= 4 is 29.9 Å². The Labute approximate surface area is 187 Å². The summed E-state index contributed by atoms with van der Waals surface area (Å²) in [7, 11) is 0. The van der Waals surface area contributed by atoms with Crippen LogP contribution in [0, 0.1) is 0 Å². The second kappa shape index (κ2) is 11.6. The summed E-state index contributed by atoms with van der Waals surface area (Å²) in [5.74, 6) is 1.60. The minimum atomic E-state index is -2.92. The monoisotopic (exact) mass is 526 g/mol. The van der Waals surface area contributed by atoms with Gasteiger partial charge in [0.25, 0.3) is 0 Å². The average Bonchev–Trinajstić information content (AvgIpc) is 3.31. The van der Waals surface area contributed by atoms with E-state index < -0.39 is 6.61 Å². The number of alkyl halides is 2. The van der Waals surface area contributed by atoms with E-state index in [-0.39, 0.29) is 43.1 Å². The van der Waals surface area contributed by atoms with Crippen LogP contribution in [0.15, 0.2) is 17.1 Å². The highest BCUT2D eigenvalue weighted by Crippen LogP contribution is 2.39. The van der Waals surface area contributed by atoms with Crippen molar-refractivity contribution < 1.29 is 23.0 Å². The van der Waals surface area contributed by atoms with Crippen molar-refractivity contribution in [3.05, 3.63) is 17.7 Å². The van der Waals surface area contributed by atoms with Gasteiger partial charge in [-0.2, -0.15) is 8.78 Å². The van der Waals surface area contributed by atoms with Crippen LogP contribution in [0.1, 0.15) is 32.3 Å². The van der Waals surface area contributed by atoms with Gasteiger partial charge in [-0.15, -0.1) is 24.0 Å². The van der Waals surface area contributed by atoms with E-state index >= 15 is 0 Å². The predicted octanol–water partition coefficient (Wildman–Crippen LogP) is 3.17. The second-order valence-corrected chi connectivity index (χ2v) is 6.69. The van der Waals surface area contributed by atoms with Gasteiger partial charge in [-0.1, -0.05) is 6.92 Å². The first-order valence-electron chi connectivity index (χ1n) is 9.74. The third-order valence-electron chi connectivity index (χ3n) is 4.93. The molecule has 7 nitrogen and oxygen atoms in total. The quantitative estimate of drug-likeness (QED) is 0.308. The summed E-state index contributed by atoms with van der Waals surface area (Å²) in [6.45, 7) is 5.13. The molecule has 0 saturated carbocycles. The highest BCUT2D eigenvalue weighted by atomic mass is 127. The fraction of sp³-hybridized carbons (Fsp3) is 0.632. The number of hydrogen-bond donors (Lipinski definition) is 2. The Kier molecular flexibility index (Phi) is 9.47. The third kappa shape index (κ3) is 6.46. The molecule has 0 aromatic heterocycles. The van der Waals surface area contributed by atoms with E-state index in [1.807, 2.05) is 6.92 Å². The molecule has 29 heavy (non-hydrogen) atoms. The molecule has 3 rings (SSSR count). The number of guanidine groups is 1. The average molecular weight is 526 g/mol. The zero-order chi connectivity index (χ0) is 19.9. The number of ether oxygens (including phenoxy) is 3. The van der Waals surface area contributed by atoms with Crippen LogP contribution >= 0.6 is 24.0 Å². The molecular weight excluding hydrogens is 497 g/mol. The molecule has 2 N–H and O–H groups in total. The molecule has 1 saturated heterocycles. The maximum Gasteiger partial charge on any atom is 0.387 e. The summed E-state index contributed by atoms with van der Waals surface area (Å²) in [5.41, 5.74) is 0.512. The van der Waals surface area contributed by atoms with Gasteiger partial charge in [0.1, 0.15) is 5.75 Å². The van der Waals surface area contributed by atoms with E-state index in [0.29, 0.717) is 35.6 Å². The van der Waals surface area contributed by atoms with Gasteiger partial charge in [-0.05, 0) is 38.9 Å². The molecule has 0 aliphatic carbocycles. The lowest BCUT2D eigenvalue weighted by Crippen LogP contribution is -2.44. The molecule has 2 heterocycles. The van der Waals surface area contributed by atoms with Gasteiger partial charge in [-0.25, -0.2) is 4.99 Å². The number of rotatable bonds is 8. The van der Waals surface area contributed by atoms with Gasteiger partial charge < -0.3 is 24.8 Å². The van der Waals surface area contributed by atoms with E-state index in [9.17, 15) is 8.78 Å². The Bertz CT molecular complexity index is 694. The molecule has 1 aromatic rings. The largest absolute Gasteiger partial charge is 0.454 e. The maximum atomic E-state index is 12.8. The first kappa shape index (κ1) is 23.7. The molecule has 1 aromatic carbocycles. The smallest absolute Gasteiger partial charge is 0.387 e. The second-order valence-electron chi connectivity index (χ2n) is 6.69. The SMILES string of the molecule is CCNC(=NCc1cc2c(cc1OC(F)F)OCO2)NCC1CCCN1CC.I. The number of likely N-dealkylation sites (N-methyl/N-ethyl adjacent to an activating group) is 1. The zero-order valence-corrected chi connectivity index (χ0v) is 19.1. The Morgan fingerprint density at radius 1 is 1.28 bits per heavy atom. The van der Waals surface area contributed by atoms with Crippen molar-refractivity contribution in [2.75, 3.05) is 33.0 Å². The Hall–Kier alpha value is -1.56. The summed E-state index contributed by atoms with van der Waals surface area (Å²) in [6, 6.07) is 3.55. The Balaban J connectivity index is 0.00000300. The van der Waals surface area contributed by atoms with E-state index in [1.165, 1.54) is 12.5 Å². The predicted molar refractivity (Wildman–Crippen MR) is 118 cm³/mol. The lowest BCUT2D eigenvalue weighted by atomic mass is 10.1. The van der Waals surface area contributed by atoms with Crippen molar-refractivity contribution in [3.63, 3.8) is 0 Å². The molecule has 1 unspecified atom stereocenters. The van der Waals surface area contributed by atoms with Crippen molar-refractivity contribution in [2.45, 2.75) is 45.9 Å². The van der Waals surface area contributed by atoms with Gasteiger partial charge in [0.15, 0.2) is 17.5 Å². The van der Waals surface area contributed by atoms with Crippen molar-refractivity contribution in [3.8, 4) is 17.2 Å². The number of likely N-dealkylation sites (tertiary alicyclic amines) is 1. The minimum Gasteiger partial charge on any atom is -0.454 e. The molecule has 1 atom stereocenters. The van der Waals surface area contributed by atoms with E-state index in [0.717, 1.165) is 26.1 Å². The fourth-order valence-electron chi connectivity index (χ4n) is 3.56. The molecule has 10 heteroatoms. The summed E-state index contributed by atoms with van der Waals surface area (Å²) in [6.07, 6.45) is 2.37. The molecular formula is C19H29F2IN4O3. The summed E-state index contributed by atoms with van der Waals surface area (Å²) in [4.78, 5) is 6.99. The summed E-state index contributed by atoms with van der Waals surface area (Å²) < 4.78 is 40.8. The van der Waals surface area contributed by atoms with E-state index in [4.69, 9.17) is 9.47 Å². The molecule has 1 fully saturated rings. The summed E-state index contributed by atoms with van der Waals surface area (Å²) >= 11 is 0. The Morgan fingerprint density at radius 3 is 2.72 bits per heavy atom. The molecule has 0 bridgehead atoms. The normalized spacial score (nSPS) is 18.7. The third-order valence-corrected chi connectivity index (χ3v) is 4.93. The first-order valence-corrected chi connectivity index (χ1v) is 9.74. The van der Waals surface area contributed by atoms with E-state index in [1.54, 1.807) is 6.07 Å². The number of benzene rings is 1. The summed E-state index contributed by atoms with van der Waals surface area (Å²) in [5, 5.41) is 6.56. The molecule has 2 aliphatic rings. The minimum absolute atomic E-state index is 0. The van der Waals surface area contributed by atoms with Crippen LogP contribution < -0.4 is 24.8 Å². The van der Waals surface area contributed by atoms with Crippen LogP contribution in [0.3, 0.4) is 0 Å². The number of hydrogen-bond acceptors (Lipinski definition) is 5. The molecule has 0 amide bonds. The highest BCUT2D eigenvalue weighted by molar-refractivity contribution is 14.0. The number of halogens is 3. The van der Waals surface area contributed by atoms with Crippen molar-refractivity contribution in [2.24, 2.45) is 4.99 Å². The van der Waals surface area contributed by atoms with Crippen LogP contribution in [0.25, 0.3) is 0 Å². The van der Waals surface area contributed by atoms with Gasteiger partial charge in [-0.3, -0.25) is 4.90 Å². The number of aliphatic imine (C=N–C) groups is 1. The van der Waals surface area contributed by atoms with Crippen LogP contribution in [0.4, 0.5) is 8.78 Å². The molecule has 0 radical (unpaired) electrons. The fourth-order valence-corrected chi connectivity index (χ4v) is 3.56. The molecule has 2 aliphatic heterocycles. The van der Waals surface area contributed by atoms with Gasteiger partial charge >= 0.3 is 6.61 Å². The number of fused-ring (bicyclic) bond motifs is 1. The lowest BCUT2D eigenvalue weighted by Gasteiger charge is -2.24. The Morgan fingerprint density at radius 2 is 2.03 bits per heavy atom. The lowest BCUT2D eigenvalue weighted by molar-refractivity contribution is -0.0505. The number of nitrogens with one attached hydrogen (secondary N) is 2. The topological polar surface area (TPSA) is 67.4 Å². The van der Waals surface area contributed by atoms with Crippen LogP contribution in [-0.4, -0.2) is 56.5 Å². The van der Waals surface area contributed by atoms with Crippen molar-refractivity contribution in [1.82, 2.24) is 15.5 Å². The van der Waals surface area contributed by atoms with Gasteiger partial charge in [0, 0.05) is 30.8 Å². The number of nitrogens with zero attached hydrogens (tertiary/aromatic N) is 2. The zero-order valence-electron chi connectivity index (χ0n) is 16.7. The first-order chi connectivity index (χ1) is 13.6. The van der Waals surface area contributed by atoms with E-state index in [2.05, 4.69) is 32.2 Å². The molecule has 0 spiro atoms. The van der Waals surface area contributed by atoms with Gasteiger partial charge in [0.2, 0.25) is 6.79 Å². The van der Waals surface area contributed by atoms with Crippen LogP contribution in [0.5, 0.6) is 17.2 Å².